The summed E-state index contributed by atoms with van der Waals surface area (Å²) in [6.45, 7) is 4.88. The number of hydrogen-bond acceptors (Lipinski definition) is 5. The molecule has 0 aromatic rings. The van der Waals surface area contributed by atoms with Crippen LogP contribution in [-0.2, 0) is 14.3 Å². The van der Waals surface area contributed by atoms with Gasteiger partial charge in [-0.1, -0.05) is 237 Å². The third-order valence-electron chi connectivity index (χ3n) is 12.7. The predicted octanol–water partition coefficient (Wildman–Crippen LogP) is 16.9. The first-order chi connectivity index (χ1) is 31.0. The Balaban J connectivity index is 3.39. The van der Waals surface area contributed by atoms with E-state index in [4.69, 9.17) is 4.74 Å². The fourth-order valence-electron chi connectivity index (χ4n) is 8.36. The van der Waals surface area contributed by atoms with Gasteiger partial charge < -0.3 is 20.3 Å². The maximum absolute atomic E-state index is 12.4. The monoisotopic (exact) mass is 886 g/mol. The number of hydrogen-bond donors (Lipinski definition) is 3. The van der Waals surface area contributed by atoms with Crippen molar-refractivity contribution in [1.82, 2.24) is 5.32 Å². The molecule has 3 N–H and O–H groups in total. The number of esters is 1. The average molecular weight is 886 g/mol. The number of allylic oxidation sites excluding steroid dienone is 6. The summed E-state index contributed by atoms with van der Waals surface area (Å²) in [6.07, 6.45) is 64.3. The second-order valence-electron chi connectivity index (χ2n) is 18.9. The number of rotatable bonds is 51. The molecule has 6 nitrogen and oxygen atoms in total. The molecule has 1 amide bonds. The molecule has 0 rings (SSSR count). The van der Waals surface area contributed by atoms with Crippen molar-refractivity contribution in [3.8, 4) is 0 Å². The minimum Gasteiger partial charge on any atom is -0.466 e. The normalized spacial score (nSPS) is 12.9. The van der Waals surface area contributed by atoms with Gasteiger partial charge in [0.1, 0.15) is 0 Å². The maximum Gasteiger partial charge on any atom is 0.305 e. The molecule has 0 heterocycles. The quantitative estimate of drug-likeness (QED) is 0.0321. The molecular formula is C57H107NO5. The third kappa shape index (κ3) is 49.4. The first-order valence-corrected chi connectivity index (χ1v) is 27.7. The van der Waals surface area contributed by atoms with Crippen LogP contribution in [-0.4, -0.2) is 47.4 Å². The summed E-state index contributed by atoms with van der Waals surface area (Å²) in [5.74, 6) is -0.0480. The van der Waals surface area contributed by atoms with E-state index in [1.54, 1.807) is 0 Å². The number of amides is 1. The molecule has 0 radical (unpaired) electrons. The molecule has 0 bridgehead atoms. The Hall–Kier alpha value is -1.92. The molecule has 0 saturated carbocycles. The van der Waals surface area contributed by atoms with Gasteiger partial charge in [-0.05, 0) is 77.0 Å². The van der Waals surface area contributed by atoms with Crippen LogP contribution in [0.25, 0.3) is 0 Å². The number of aliphatic hydroxyl groups is 2. The van der Waals surface area contributed by atoms with Crippen molar-refractivity contribution < 1.29 is 24.5 Å². The van der Waals surface area contributed by atoms with E-state index >= 15 is 0 Å². The van der Waals surface area contributed by atoms with Crippen LogP contribution in [0.15, 0.2) is 36.5 Å². The number of aliphatic hydroxyl groups excluding tert-OH is 2. The van der Waals surface area contributed by atoms with Crippen LogP contribution >= 0.6 is 0 Å². The van der Waals surface area contributed by atoms with Crippen LogP contribution in [0.1, 0.15) is 290 Å². The molecule has 0 aliphatic heterocycles. The zero-order chi connectivity index (χ0) is 45.8. The van der Waals surface area contributed by atoms with Gasteiger partial charge in [0, 0.05) is 12.8 Å². The van der Waals surface area contributed by atoms with Crippen molar-refractivity contribution >= 4 is 11.9 Å². The van der Waals surface area contributed by atoms with Crippen molar-refractivity contribution in [1.29, 1.82) is 0 Å². The highest BCUT2D eigenvalue weighted by Crippen LogP contribution is 2.16. The summed E-state index contributed by atoms with van der Waals surface area (Å²) in [5, 5.41) is 23.1. The van der Waals surface area contributed by atoms with E-state index in [2.05, 4.69) is 55.6 Å². The Morgan fingerprint density at radius 2 is 0.810 bits per heavy atom. The van der Waals surface area contributed by atoms with E-state index in [-0.39, 0.29) is 18.5 Å². The molecule has 2 atom stereocenters. The van der Waals surface area contributed by atoms with Crippen molar-refractivity contribution in [3.63, 3.8) is 0 Å². The number of carbonyl (C=O) groups excluding carboxylic acids is 2. The molecule has 0 aromatic heterocycles. The second-order valence-corrected chi connectivity index (χ2v) is 18.9. The highest BCUT2D eigenvalue weighted by atomic mass is 16.5. The lowest BCUT2D eigenvalue weighted by atomic mass is 10.0. The molecule has 0 aliphatic carbocycles. The van der Waals surface area contributed by atoms with Gasteiger partial charge in [0.2, 0.25) is 5.91 Å². The van der Waals surface area contributed by atoms with Crippen molar-refractivity contribution in [2.24, 2.45) is 0 Å². The van der Waals surface area contributed by atoms with Gasteiger partial charge in [-0.15, -0.1) is 0 Å². The van der Waals surface area contributed by atoms with E-state index in [0.29, 0.717) is 25.9 Å². The molecule has 0 aliphatic rings. The van der Waals surface area contributed by atoms with E-state index in [9.17, 15) is 19.8 Å². The van der Waals surface area contributed by atoms with Crippen LogP contribution in [0.5, 0.6) is 0 Å². The van der Waals surface area contributed by atoms with Gasteiger partial charge in [0.25, 0.3) is 0 Å². The lowest BCUT2D eigenvalue weighted by Crippen LogP contribution is -2.45. The van der Waals surface area contributed by atoms with Gasteiger partial charge >= 0.3 is 5.97 Å². The highest BCUT2D eigenvalue weighted by Gasteiger charge is 2.20. The van der Waals surface area contributed by atoms with Crippen LogP contribution in [0.3, 0.4) is 0 Å². The first kappa shape index (κ1) is 61.1. The molecule has 63 heavy (non-hydrogen) atoms. The number of nitrogens with one attached hydrogen (secondary N) is 1. The summed E-state index contributed by atoms with van der Waals surface area (Å²) in [7, 11) is 0. The largest absolute Gasteiger partial charge is 0.466 e. The molecule has 0 spiro atoms. The van der Waals surface area contributed by atoms with E-state index < -0.39 is 12.1 Å². The summed E-state index contributed by atoms with van der Waals surface area (Å²) in [4.78, 5) is 24.4. The molecule has 2 unspecified atom stereocenters. The standard InChI is InChI=1S/C57H107NO5/c1-3-5-7-9-11-13-14-15-28-31-35-39-43-47-51-57(62)63-52-48-44-40-36-32-29-26-24-22-20-18-16-17-19-21-23-25-27-30-34-38-42-46-50-56(61)58-54(53-59)55(60)49-45-41-37-33-12-10-8-6-4-2/h9,11,14-15,19,21,54-55,59-60H,3-8,10,12-13,16-18,20,22-53H2,1-2H3,(H,58,61)/b11-9-,15-14-,21-19-. The third-order valence-corrected chi connectivity index (χ3v) is 12.7. The molecule has 370 valence electrons. The van der Waals surface area contributed by atoms with Crippen molar-refractivity contribution in [2.45, 2.75) is 302 Å². The molecular weight excluding hydrogens is 779 g/mol. The summed E-state index contributed by atoms with van der Waals surface area (Å²) in [5.41, 5.74) is 0. The van der Waals surface area contributed by atoms with E-state index in [0.717, 1.165) is 51.4 Å². The topological polar surface area (TPSA) is 95.9 Å². The van der Waals surface area contributed by atoms with Crippen LogP contribution in [0, 0.1) is 0 Å². The second kappa shape index (κ2) is 52.7. The lowest BCUT2D eigenvalue weighted by Gasteiger charge is -2.22. The van der Waals surface area contributed by atoms with E-state index in [1.807, 2.05) is 0 Å². The lowest BCUT2D eigenvalue weighted by molar-refractivity contribution is -0.143. The maximum atomic E-state index is 12.4. The minimum absolute atomic E-state index is 0.00370. The molecule has 6 heteroatoms. The molecule has 0 fully saturated rings. The zero-order valence-electron chi connectivity index (χ0n) is 42.1. The number of unbranched alkanes of at least 4 members (excludes halogenated alkanes) is 34. The fourth-order valence-corrected chi connectivity index (χ4v) is 8.36. The minimum atomic E-state index is -0.666. The van der Waals surface area contributed by atoms with Crippen LogP contribution in [0.2, 0.25) is 0 Å². The van der Waals surface area contributed by atoms with Crippen molar-refractivity contribution in [3.05, 3.63) is 36.5 Å². The SMILES string of the molecule is CCCC/C=C\C/C=C\CCCCCCCC(=O)OCCCCCCCCCCCCCC/C=C\CCCCCCCCCC(=O)NC(CO)C(O)CCCCCCCCCCC. The Morgan fingerprint density at radius 3 is 1.27 bits per heavy atom. The van der Waals surface area contributed by atoms with Crippen LogP contribution < -0.4 is 5.32 Å². The fraction of sp³-hybridized carbons (Fsp3) is 0.860. The predicted molar refractivity (Wildman–Crippen MR) is 273 cm³/mol. The van der Waals surface area contributed by atoms with Gasteiger partial charge in [0.05, 0.1) is 25.4 Å². The van der Waals surface area contributed by atoms with Gasteiger partial charge in [0.15, 0.2) is 0 Å². The Morgan fingerprint density at radius 1 is 0.444 bits per heavy atom. The number of carbonyl (C=O) groups is 2. The Bertz CT molecular complexity index is 1020. The number of ether oxygens (including phenoxy) is 1. The zero-order valence-corrected chi connectivity index (χ0v) is 42.1. The van der Waals surface area contributed by atoms with Gasteiger partial charge in [-0.3, -0.25) is 9.59 Å². The summed E-state index contributed by atoms with van der Waals surface area (Å²) < 4.78 is 5.46. The van der Waals surface area contributed by atoms with Gasteiger partial charge in [-0.2, -0.15) is 0 Å². The van der Waals surface area contributed by atoms with Crippen LogP contribution in [0.4, 0.5) is 0 Å². The Kier molecular flexibility index (Phi) is 51.1. The van der Waals surface area contributed by atoms with E-state index in [1.165, 1.54) is 205 Å². The molecule has 0 aromatic carbocycles. The Labute approximate surface area is 392 Å². The summed E-state index contributed by atoms with van der Waals surface area (Å²) in [6, 6.07) is -0.544. The highest BCUT2D eigenvalue weighted by molar-refractivity contribution is 5.76. The van der Waals surface area contributed by atoms with Gasteiger partial charge in [-0.25, -0.2) is 0 Å². The average Bonchev–Trinajstić information content (AvgIpc) is 3.28. The summed E-state index contributed by atoms with van der Waals surface area (Å²) >= 11 is 0. The first-order valence-electron chi connectivity index (χ1n) is 27.7. The van der Waals surface area contributed by atoms with Crippen molar-refractivity contribution in [2.75, 3.05) is 13.2 Å². The smallest absolute Gasteiger partial charge is 0.305 e. The molecule has 0 saturated heterocycles.